The van der Waals surface area contributed by atoms with Gasteiger partial charge in [-0.05, 0) is 24.2 Å². The van der Waals surface area contributed by atoms with Crippen molar-refractivity contribution in [3.05, 3.63) is 54.0 Å². The monoisotopic (exact) mass is 410 g/mol. The molecule has 0 aliphatic carbocycles. The zero-order valence-electron chi connectivity index (χ0n) is 16.9. The minimum Gasteiger partial charge on any atom is -0.497 e. The fourth-order valence-electron chi connectivity index (χ4n) is 4.00. The smallest absolute Gasteiger partial charge is 0.226 e. The molecule has 0 amide bonds. The first-order valence-electron chi connectivity index (χ1n) is 9.76. The summed E-state index contributed by atoms with van der Waals surface area (Å²) in [4.78, 5) is 3.92. The lowest BCUT2D eigenvalue weighted by Gasteiger charge is -2.26. The Morgan fingerprint density at radius 3 is 2.87 bits per heavy atom. The van der Waals surface area contributed by atoms with Crippen LogP contribution in [0.15, 0.2) is 42.7 Å². The van der Waals surface area contributed by atoms with Crippen molar-refractivity contribution in [1.82, 2.24) is 14.6 Å². The molecule has 3 aromatic rings. The minimum atomic E-state index is -1.68. The van der Waals surface area contributed by atoms with Crippen LogP contribution in [0.3, 0.4) is 0 Å². The average Bonchev–Trinajstić information content (AvgIpc) is 3.46. The lowest BCUT2D eigenvalue weighted by molar-refractivity contribution is -0.160. The summed E-state index contributed by atoms with van der Waals surface area (Å²) >= 11 is 0. The molecule has 0 bridgehead atoms. The molecule has 154 valence electrons. The number of nitrogens with zero attached hydrogens (tertiary/aromatic N) is 4. The fourth-order valence-corrected chi connectivity index (χ4v) is 4.00. The van der Waals surface area contributed by atoms with Crippen LogP contribution in [0.4, 0.5) is 5.82 Å². The molecule has 2 fully saturated rings. The van der Waals surface area contributed by atoms with E-state index in [4.69, 9.17) is 26.1 Å². The van der Waals surface area contributed by atoms with E-state index in [-0.39, 0.29) is 29.7 Å². The predicted octanol–water partition coefficient (Wildman–Crippen LogP) is 0.913. The number of hydrogen-bond donors (Lipinski definition) is 2. The number of ether oxygens (including phenoxy) is 4. The van der Waals surface area contributed by atoms with E-state index in [1.165, 1.54) is 16.9 Å². The molecule has 0 spiro atoms. The lowest BCUT2D eigenvalue weighted by Crippen LogP contribution is -2.39. The summed E-state index contributed by atoms with van der Waals surface area (Å²) in [5.41, 5.74) is 5.48. The van der Waals surface area contributed by atoms with E-state index >= 15 is 0 Å². The van der Waals surface area contributed by atoms with E-state index in [9.17, 15) is 10.4 Å². The highest BCUT2D eigenvalue weighted by molar-refractivity contribution is 5.66. The maximum Gasteiger partial charge on any atom is 0.226 e. The van der Waals surface area contributed by atoms with Crippen LogP contribution >= 0.6 is 0 Å². The molecule has 3 N–H and O–H groups in total. The van der Waals surface area contributed by atoms with Gasteiger partial charge < -0.3 is 29.8 Å². The first kappa shape index (κ1) is 17.6. The zero-order chi connectivity index (χ0) is 21.8. The molecule has 4 heterocycles. The number of nitrogen functional groups attached to an aromatic ring is 1. The van der Waals surface area contributed by atoms with E-state index in [0.717, 1.165) is 5.56 Å². The van der Waals surface area contributed by atoms with Gasteiger partial charge in [0.05, 0.1) is 20.8 Å². The Bertz CT molecular complexity index is 1180. The van der Waals surface area contributed by atoms with Gasteiger partial charge in [-0.2, -0.15) is 10.4 Å². The highest BCUT2D eigenvalue weighted by atomic mass is 16.8. The summed E-state index contributed by atoms with van der Waals surface area (Å²) in [6.45, 7) is -0.378. The molecule has 2 aromatic heterocycles. The second-order valence-electron chi connectivity index (χ2n) is 7.03. The van der Waals surface area contributed by atoms with Crippen molar-refractivity contribution in [2.45, 2.75) is 30.2 Å². The van der Waals surface area contributed by atoms with Crippen LogP contribution in [0, 0.1) is 11.3 Å². The third-order valence-corrected chi connectivity index (χ3v) is 5.46. The number of nitriles is 1. The van der Waals surface area contributed by atoms with Gasteiger partial charge in [-0.15, -0.1) is 0 Å². The van der Waals surface area contributed by atoms with E-state index in [0.29, 0.717) is 5.75 Å². The molecule has 2 aliphatic rings. The normalized spacial score (nSPS) is 30.8. The molecular weight excluding hydrogens is 390 g/mol. The summed E-state index contributed by atoms with van der Waals surface area (Å²) in [5.74, 6) is 0.789. The zero-order valence-corrected chi connectivity index (χ0v) is 15.9. The van der Waals surface area contributed by atoms with Crippen molar-refractivity contribution in [1.29, 1.82) is 5.26 Å². The third kappa shape index (κ3) is 2.57. The van der Waals surface area contributed by atoms with E-state index in [1.54, 1.807) is 31.4 Å². The molecule has 0 saturated carbocycles. The summed E-state index contributed by atoms with van der Waals surface area (Å²) in [7, 11) is 1.57. The number of hydrogen-bond acceptors (Lipinski definition) is 9. The molecule has 30 heavy (non-hydrogen) atoms. The van der Waals surface area contributed by atoms with Crippen molar-refractivity contribution in [2.24, 2.45) is 0 Å². The van der Waals surface area contributed by atoms with E-state index < -0.39 is 30.2 Å². The van der Waals surface area contributed by atoms with Crippen molar-refractivity contribution in [2.75, 3.05) is 19.5 Å². The van der Waals surface area contributed by atoms with Crippen molar-refractivity contribution in [3.8, 4) is 11.8 Å². The van der Waals surface area contributed by atoms with Crippen LogP contribution in [0.25, 0.3) is 5.52 Å². The molecule has 1 aromatic carbocycles. The summed E-state index contributed by atoms with van der Waals surface area (Å²) in [6.07, 6.45) is -1.94. The number of anilines is 1. The number of methoxy groups -OCH3 is 1. The highest BCUT2D eigenvalue weighted by Crippen LogP contribution is 2.49. The first-order chi connectivity index (χ1) is 15.0. The maximum atomic E-state index is 10.2. The van der Waals surface area contributed by atoms with Crippen LogP contribution in [0.1, 0.15) is 18.9 Å². The Kier molecular flexibility index (Phi) is 4.07. The minimum absolute atomic E-state index is 0.0425. The molecule has 5 rings (SSSR count). The van der Waals surface area contributed by atoms with E-state index in [2.05, 4.69) is 16.2 Å². The molecule has 5 atom stereocenters. The number of aliphatic hydroxyl groups excluding tert-OH is 1. The molecule has 0 radical (unpaired) electrons. The van der Waals surface area contributed by atoms with Crippen molar-refractivity contribution in [3.63, 3.8) is 0 Å². The fraction of sp³-hybridized carbons (Fsp3) is 0.350. The SMILES string of the molecule is [2H]c1cc([C@]2(C#N)O[C@H](CO)[C@H]3OC(c4ccc(OC)cc4)O[C@H]32)n2ncnc(N)c12. The Balaban J connectivity index is 1.59. The quantitative estimate of drug-likeness (QED) is 0.643. The molecule has 10 nitrogen and oxygen atoms in total. The Morgan fingerprint density at radius 2 is 2.17 bits per heavy atom. The summed E-state index contributed by atoms with van der Waals surface area (Å²) in [5, 5.41) is 24.3. The first-order valence-corrected chi connectivity index (χ1v) is 9.26. The van der Waals surface area contributed by atoms with Crippen LogP contribution in [-0.4, -0.2) is 51.7 Å². The number of benzene rings is 1. The third-order valence-electron chi connectivity index (χ3n) is 5.46. The van der Waals surface area contributed by atoms with Gasteiger partial charge in [0, 0.05) is 5.56 Å². The summed E-state index contributed by atoms with van der Waals surface area (Å²) in [6, 6.07) is 10.8. The van der Waals surface area contributed by atoms with Gasteiger partial charge in [-0.3, -0.25) is 0 Å². The second kappa shape index (κ2) is 6.93. The Morgan fingerprint density at radius 1 is 1.37 bits per heavy atom. The Hall–Kier alpha value is -3.23. The van der Waals surface area contributed by atoms with Crippen LogP contribution < -0.4 is 10.5 Å². The van der Waals surface area contributed by atoms with Gasteiger partial charge in [-0.1, -0.05) is 12.1 Å². The van der Waals surface area contributed by atoms with Gasteiger partial charge in [0.1, 0.15) is 42.0 Å². The molecular formula is C20H19N5O5. The van der Waals surface area contributed by atoms with Gasteiger partial charge in [0.2, 0.25) is 5.60 Å². The second-order valence-corrected chi connectivity index (χ2v) is 7.03. The summed E-state index contributed by atoms with van der Waals surface area (Å²) < 4.78 is 33.0. The standard InChI is InChI=1S/C20H19N5O5/c1-27-12-4-2-11(3-5-12)19-28-16-14(8-26)30-20(9-21,17(16)29-19)15-7-6-13-18(22)23-10-24-25(13)15/h2-7,10,14,16-17,19,26H,8H2,1H3,(H2,22,23,24)/t14-,16-,17-,19?,20+/m1/s1/i6D. The number of fused-ring (bicyclic) bond motifs is 2. The molecule has 10 heteroatoms. The average molecular weight is 410 g/mol. The predicted molar refractivity (Wildman–Crippen MR) is 102 cm³/mol. The number of aromatic nitrogens is 3. The highest BCUT2D eigenvalue weighted by Gasteiger charge is 2.63. The van der Waals surface area contributed by atoms with Crippen molar-refractivity contribution < 1.29 is 25.4 Å². The molecule has 1 unspecified atom stereocenters. The lowest BCUT2D eigenvalue weighted by atomic mass is 9.92. The van der Waals surface area contributed by atoms with E-state index in [1.807, 2.05) is 0 Å². The maximum absolute atomic E-state index is 10.2. The van der Waals surface area contributed by atoms with Crippen LogP contribution in [0.2, 0.25) is 0 Å². The number of nitrogens with two attached hydrogens (primary N) is 1. The molecule has 2 saturated heterocycles. The van der Waals surface area contributed by atoms with Gasteiger partial charge in [0.15, 0.2) is 12.1 Å². The van der Waals surface area contributed by atoms with Crippen molar-refractivity contribution >= 4 is 11.3 Å². The largest absolute Gasteiger partial charge is 0.497 e. The van der Waals surface area contributed by atoms with Crippen LogP contribution in [-0.2, 0) is 19.8 Å². The van der Waals surface area contributed by atoms with Gasteiger partial charge >= 0.3 is 0 Å². The topological polar surface area (TPSA) is 137 Å². The Labute approximate surface area is 172 Å². The van der Waals surface area contributed by atoms with Crippen LogP contribution in [0.5, 0.6) is 5.75 Å². The number of rotatable bonds is 4. The number of aliphatic hydroxyl groups is 1. The van der Waals surface area contributed by atoms with Gasteiger partial charge in [-0.25, -0.2) is 9.50 Å². The molecule has 2 aliphatic heterocycles. The van der Waals surface area contributed by atoms with Gasteiger partial charge in [0.25, 0.3) is 0 Å².